The van der Waals surface area contributed by atoms with E-state index in [1.807, 2.05) is 48.5 Å². The van der Waals surface area contributed by atoms with Crippen molar-refractivity contribution in [3.05, 3.63) is 63.6 Å². The average molecular weight is 460 g/mol. The number of nitriles is 1. The molecule has 0 saturated carbocycles. The second kappa shape index (κ2) is 8.76. The highest BCUT2D eigenvalue weighted by atomic mass is 79.9. The molecule has 0 radical (unpaired) electrons. The number of unbranched alkanes of at least 4 members (excludes halogenated alkanes) is 1. The van der Waals surface area contributed by atoms with Gasteiger partial charge in [-0.25, -0.2) is 9.80 Å². The van der Waals surface area contributed by atoms with Crippen LogP contribution in [0.25, 0.3) is 0 Å². The Kier molecular flexibility index (Phi) is 6.38. The van der Waals surface area contributed by atoms with Crippen LogP contribution in [0.4, 0.5) is 10.5 Å². The van der Waals surface area contributed by atoms with Gasteiger partial charge >= 0.3 is 6.03 Å². The van der Waals surface area contributed by atoms with Gasteiger partial charge in [0.15, 0.2) is 0 Å². The number of urea groups is 1. The molecule has 0 saturated heterocycles. The summed E-state index contributed by atoms with van der Waals surface area (Å²) in [4.78, 5) is 12.8. The molecule has 0 aliphatic carbocycles. The summed E-state index contributed by atoms with van der Waals surface area (Å²) in [6.07, 6.45) is 2.00. The molecule has 2 aromatic rings. The molecule has 1 aliphatic rings. The molecule has 5 nitrogen and oxygen atoms in total. The number of nitrogens with one attached hydrogen (secondary N) is 1. The van der Waals surface area contributed by atoms with E-state index in [0.29, 0.717) is 23.7 Å². The molecule has 1 heterocycles. The molecule has 0 bridgehead atoms. The monoisotopic (exact) mass is 458 g/mol. The second-order valence-electron chi connectivity index (χ2n) is 7.02. The van der Waals surface area contributed by atoms with Crippen molar-refractivity contribution in [2.75, 3.05) is 11.9 Å². The fraction of sp³-hybridized carbons (Fsp3) is 0.286. The molecule has 1 N–H and O–H groups in total. The number of rotatable bonds is 5. The van der Waals surface area contributed by atoms with Gasteiger partial charge < -0.3 is 5.32 Å². The van der Waals surface area contributed by atoms with Gasteiger partial charge in [-0.15, -0.1) is 0 Å². The number of carbonyl (C=O) groups excluding carboxylic acids is 1. The lowest BCUT2D eigenvalue weighted by molar-refractivity contribution is 0.206. The zero-order valence-electron chi connectivity index (χ0n) is 15.5. The third-order valence-electron chi connectivity index (χ3n) is 4.76. The molecule has 7 heteroatoms. The second-order valence-corrected chi connectivity index (χ2v) is 8.37. The van der Waals surface area contributed by atoms with Gasteiger partial charge in [-0.05, 0) is 54.8 Å². The lowest BCUT2D eigenvalue weighted by atomic mass is 9.78. The summed E-state index contributed by atoms with van der Waals surface area (Å²) < 4.78 is 0.944. The van der Waals surface area contributed by atoms with E-state index in [4.69, 9.17) is 16.9 Å². The highest BCUT2D eigenvalue weighted by molar-refractivity contribution is 9.10. The molecule has 1 aliphatic heterocycles. The number of nitrogens with zero attached hydrogens (tertiary/aromatic N) is 3. The van der Waals surface area contributed by atoms with Crippen molar-refractivity contribution >= 4 is 45.0 Å². The molecule has 1 atom stereocenters. The minimum absolute atomic E-state index is 0.280. The minimum atomic E-state index is -0.332. The Morgan fingerprint density at radius 3 is 2.61 bits per heavy atom. The van der Waals surface area contributed by atoms with Crippen LogP contribution in [0.1, 0.15) is 31.7 Å². The van der Waals surface area contributed by atoms with Gasteiger partial charge in [-0.2, -0.15) is 10.4 Å². The highest BCUT2D eigenvalue weighted by Crippen LogP contribution is 2.36. The predicted octanol–water partition coefficient (Wildman–Crippen LogP) is 6.05. The topological polar surface area (TPSA) is 68.5 Å². The molecule has 144 valence electrons. The first-order chi connectivity index (χ1) is 13.4. The van der Waals surface area contributed by atoms with E-state index in [9.17, 15) is 4.79 Å². The summed E-state index contributed by atoms with van der Waals surface area (Å²) in [6.45, 7) is 2.55. The maximum atomic E-state index is 12.8. The quantitative estimate of drug-likeness (QED) is 0.553. The van der Waals surface area contributed by atoms with E-state index in [1.54, 1.807) is 0 Å². The van der Waals surface area contributed by atoms with Crippen molar-refractivity contribution in [3.8, 4) is 6.07 Å². The van der Waals surface area contributed by atoms with E-state index >= 15 is 0 Å². The largest absolute Gasteiger partial charge is 0.342 e. The van der Waals surface area contributed by atoms with Crippen LogP contribution in [0.2, 0.25) is 5.02 Å². The lowest BCUT2D eigenvalue weighted by Gasteiger charge is -2.26. The number of halogens is 2. The molecule has 2 aromatic carbocycles. The standard InChI is InChI=1S/C21H20BrClN4O/c1-21(12-2-3-13-24)14-27(20(28)25-18-10-6-16(22)7-11-18)26-19(21)15-4-8-17(23)9-5-15/h4-11H,2-3,12,14H2,1H3,(H,25,28). The molecular weight excluding hydrogens is 440 g/mol. The van der Waals surface area contributed by atoms with E-state index in [0.717, 1.165) is 28.6 Å². The van der Waals surface area contributed by atoms with Crippen molar-refractivity contribution in [1.29, 1.82) is 5.26 Å². The molecule has 1 unspecified atom stereocenters. The number of anilines is 1. The third-order valence-corrected chi connectivity index (χ3v) is 5.54. The van der Waals surface area contributed by atoms with Crippen LogP contribution < -0.4 is 5.32 Å². The number of carbonyl (C=O) groups is 1. The van der Waals surface area contributed by atoms with Crippen molar-refractivity contribution < 1.29 is 4.79 Å². The smallest absolute Gasteiger partial charge is 0.306 e. The van der Waals surface area contributed by atoms with Gasteiger partial charge in [0, 0.05) is 27.0 Å². The molecule has 2 amide bonds. The zero-order valence-corrected chi connectivity index (χ0v) is 17.8. The first-order valence-corrected chi connectivity index (χ1v) is 10.1. The highest BCUT2D eigenvalue weighted by Gasteiger charge is 2.40. The first-order valence-electron chi connectivity index (χ1n) is 8.97. The Morgan fingerprint density at radius 1 is 1.29 bits per heavy atom. The summed E-state index contributed by atoms with van der Waals surface area (Å²) >= 11 is 9.40. The SMILES string of the molecule is CC1(CCCC#N)CN(C(=O)Nc2ccc(Br)cc2)N=C1c1ccc(Cl)cc1. The van der Waals surface area contributed by atoms with Gasteiger partial charge in [-0.1, -0.05) is 46.6 Å². The summed E-state index contributed by atoms with van der Waals surface area (Å²) in [5.74, 6) is 0. The molecule has 28 heavy (non-hydrogen) atoms. The maximum Gasteiger partial charge on any atom is 0.342 e. The Bertz CT molecular complexity index is 921. The van der Waals surface area contributed by atoms with Crippen molar-refractivity contribution in [3.63, 3.8) is 0 Å². The fourth-order valence-corrected chi connectivity index (χ4v) is 3.68. The van der Waals surface area contributed by atoms with Gasteiger partial charge in [-0.3, -0.25) is 0 Å². The van der Waals surface area contributed by atoms with Crippen LogP contribution in [0, 0.1) is 16.7 Å². The van der Waals surface area contributed by atoms with Crippen LogP contribution in [0.15, 0.2) is 58.1 Å². The normalized spacial score (nSPS) is 18.5. The number of benzene rings is 2. The summed E-state index contributed by atoms with van der Waals surface area (Å²) in [5, 5.41) is 18.5. The minimum Gasteiger partial charge on any atom is -0.306 e. The fourth-order valence-electron chi connectivity index (χ4n) is 3.29. The number of hydrogen-bond acceptors (Lipinski definition) is 3. The van der Waals surface area contributed by atoms with Gasteiger partial charge in [0.25, 0.3) is 0 Å². The van der Waals surface area contributed by atoms with Crippen LogP contribution >= 0.6 is 27.5 Å². The van der Waals surface area contributed by atoms with E-state index in [-0.39, 0.29) is 11.4 Å². The lowest BCUT2D eigenvalue weighted by Crippen LogP contribution is -2.35. The number of amides is 2. The molecule has 0 aromatic heterocycles. The van der Waals surface area contributed by atoms with Gasteiger partial charge in [0.1, 0.15) is 0 Å². The van der Waals surface area contributed by atoms with Gasteiger partial charge in [0.05, 0.1) is 18.3 Å². The molecule has 3 rings (SSSR count). The molecule has 0 spiro atoms. The van der Waals surface area contributed by atoms with Crippen LogP contribution in [-0.4, -0.2) is 23.3 Å². The summed E-state index contributed by atoms with van der Waals surface area (Å²) in [6, 6.07) is 16.8. The Hall–Kier alpha value is -2.36. The summed E-state index contributed by atoms with van der Waals surface area (Å²) in [5.41, 5.74) is 2.15. The Morgan fingerprint density at radius 2 is 1.96 bits per heavy atom. The van der Waals surface area contributed by atoms with E-state index in [1.165, 1.54) is 5.01 Å². The molecule has 0 fully saturated rings. The Balaban J connectivity index is 1.83. The number of hydrogen-bond donors (Lipinski definition) is 1. The third kappa shape index (κ3) is 4.73. The van der Waals surface area contributed by atoms with Crippen molar-refractivity contribution in [2.24, 2.45) is 10.5 Å². The first kappa shape index (κ1) is 20.4. The summed E-state index contributed by atoms with van der Waals surface area (Å²) in [7, 11) is 0. The van der Waals surface area contributed by atoms with Crippen LogP contribution in [0.3, 0.4) is 0 Å². The number of hydrazone groups is 1. The van der Waals surface area contributed by atoms with Gasteiger partial charge in [0.2, 0.25) is 0 Å². The van der Waals surface area contributed by atoms with Crippen molar-refractivity contribution in [2.45, 2.75) is 26.2 Å². The van der Waals surface area contributed by atoms with Crippen LogP contribution in [0.5, 0.6) is 0 Å². The van der Waals surface area contributed by atoms with E-state index in [2.05, 4.69) is 39.3 Å². The van der Waals surface area contributed by atoms with E-state index < -0.39 is 0 Å². The van der Waals surface area contributed by atoms with Crippen molar-refractivity contribution in [1.82, 2.24) is 5.01 Å². The maximum absolute atomic E-state index is 12.8. The predicted molar refractivity (Wildman–Crippen MR) is 115 cm³/mol. The average Bonchev–Trinajstić information content (AvgIpc) is 3.02. The zero-order chi connectivity index (χ0) is 20.1. The Labute approximate surface area is 178 Å². The van der Waals surface area contributed by atoms with Crippen LogP contribution in [-0.2, 0) is 0 Å². The molecular formula is C21H20BrClN4O.